The Kier molecular flexibility index (Phi) is 3.09. The van der Waals surface area contributed by atoms with Gasteiger partial charge in [-0.25, -0.2) is 0 Å². The first-order valence-corrected chi connectivity index (χ1v) is 4.40. The summed E-state index contributed by atoms with van der Waals surface area (Å²) in [6.45, 7) is 6.30. The zero-order chi connectivity index (χ0) is 9.14. The van der Waals surface area contributed by atoms with Crippen LogP contribution in [0.5, 0.6) is 0 Å². The van der Waals surface area contributed by atoms with Crippen LogP contribution in [0.2, 0.25) is 0 Å². The molecule has 1 aliphatic rings. The standard InChI is InChI=1S/C9H16O3/c1-6(2)9-8(4-5-11-9)12-7(3)10/h6,8-9H,4-5H2,1-3H3. The van der Waals surface area contributed by atoms with Crippen LogP contribution >= 0.6 is 0 Å². The van der Waals surface area contributed by atoms with E-state index in [0.717, 1.165) is 6.42 Å². The van der Waals surface area contributed by atoms with Crippen LogP contribution in [0.25, 0.3) is 0 Å². The van der Waals surface area contributed by atoms with Crippen LogP contribution in [0.1, 0.15) is 27.2 Å². The molecule has 12 heavy (non-hydrogen) atoms. The highest BCUT2D eigenvalue weighted by Gasteiger charge is 2.32. The summed E-state index contributed by atoms with van der Waals surface area (Å²) in [4.78, 5) is 10.7. The summed E-state index contributed by atoms with van der Waals surface area (Å²) in [5.74, 6) is 0.202. The molecule has 0 N–H and O–H groups in total. The van der Waals surface area contributed by atoms with Gasteiger partial charge in [0.05, 0.1) is 12.7 Å². The third-order valence-electron chi connectivity index (χ3n) is 2.05. The third kappa shape index (κ3) is 2.21. The monoisotopic (exact) mass is 172 g/mol. The predicted octanol–water partition coefficient (Wildman–Crippen LogP) is 1.36. The molecular formula is C9H16O3. The summed E-state index contributed by atoms with van der Waals surface area (Å²) < 4.78 is 10.6. The third-order valence-corrected chi connectivity index (χ3v) is 2.05. The molecule has 1 rings (SSSR count). The number of hydrogen-bond donors (Lipinski definition) is 0. The largest absolute Gasteiger partial charge is 0.460 e. The van der Waals surface area contributed by atoms with Gasteiger partial charge < -0.3 is 9.47 Å². The molecule has 0 saturated carbocycles. The molecule has 70 valence electrons. The normalized spacial score (nSPS) is 29.3. The van der Waals surface area contributed by atoms with Gasteiger partial charge in [0.25, 0.3) is 0 Å². The van der Waals surface area contributed by atoms with Crippen LogP contribution in [0, 0.1) is 5.92 Å². The Bertz CT molecular complexity index is 165. The fourth-order valence-corrected chi connectivity index (χ4v) is 1.55. The second-order valence-corrected chi connectivity index (χ2v) is 3.52. The minimum atomic E-state index is -0.212. The van der Waals surface area contributed by atoms with Crippen LogP contribution in [0.4, 0.5) is 0 Å². The van der Waals surface area contributed by atoms with Crippen LogP contribution in [-0.4, -0.2) is 24.8 Å². The molecule has 1 fully saturated rings. The van der Waals surface area contributed by atoms with Crippen LogP contribution in [0.15, 0.2) is 0 Å². The van der Waals surface area contributed by atoms with Crippen LogP contribution < -0.4 is 0 Å². The first-order chi connectivity index (χ1) is 5.61. The average Bonchev–Trinajstić information content (AvgIpc) is 2.33. The lowest BCUT2D eigenvalue weighted by Crippen LogP contribution is -2.30. The highest BCUT2D eigenvalue weighted by Crippen LogP contribution is 2.23. The number of esters is 1. The maximum atomic E-state index is 10.7. The minimum absolute atomic E-state index is 0.0255. The Morgan fingerprint density at radius 1 is 1.58 bits per heavy atom. The second kappa shape index (κ2) is 3.90. The summed E-state index contributed by atoms with van der Waals surface area (Å²) in [5.41, 5.74) is 0. The Labute approximate surface area is 73.0 Å². The topological polar surface area (TPSA) is 35.5 Å². The Morgan fingerprint density at radius 2 is 2.25 bits per heavy atom. The lowest BCUT2D eigenvalue weighted by Gasteiger charge is -2.21. The number of ether oxygens (including phenoxy) is 2. The molecule has 0 spiro atoms. The van der Waals surface area contributed by atoms with Crippen molar-refractivity contribution in [3.8, 4) is 0 Å². The summed E-state index contributed by atoms with van der Waals surface area (Å²) >= 11 is 0. The van der Waals surface area contributed by atoms with Gasteiger partial charge in [-0.05, 0) is 5.92 Å². The van der Waals surface area contributed by atoms with Gasteiger partial charge in [-0.15, -0.1) is 0 Å². The molecule has 2 unspecified atom stereocenters. The first-order valence-electron chi connectivity index (χ1n) is 4.40. The van der Waals surface area contributed by atoms with E-state index in [4.69, 9.17) is 9.47 Å². The molecule has 0 aromatic carbocycles. The molecule has 3 heteroatoms. The van der Waals surface area contributed by atoms with Gasteiger partial charge in [0.2, 0.25) is 0 Å². The predicted molar refractivity (Wildman–Crippen MR) is 44.7 cm³/mol. The number of hydrogen-bond acceptors (Lipinski definition) is 3. The molecule has 0 aliphatic carbocycles. The van der Waals surface area contributed by atoms with Crippen molar-refractivity contribution in [2.45, 2.75) is 39.4 Å². The zero-order valence-corrected chi connectivity index (χ0v) is 7.87. The highest BCUT2D eigenvalue weighted by molar-refractivity contribution is 5.66. The SMILES string of the molecule is CC(=O)OC1CCOC1C(C)C. The van der Waals surface area contributed by atoms with Crippen molar-refractivity contribution in [3.05, 3.63) is 0 Å². The summed E-state index contributed by atoms with van der Waals surface area (Å²) in [6.07, 6.45) is 0.902. The maximum Gasteiger partial charge on any atom is 0.302 e. The molecule has 0 radical (unpaired) electrons. The van der Waals surface area contributed by atoms with E-state index < -0.39 is 0 Å². The van der Waals surface area contributed by atoms with Gasteiger partial charge >= 0.3 is 5.97 Å². The molecule has 0 amide bonds. The van der Waals surface area contributed by atoms with Gasteiger partial charge in [-0.2, -0.15) is 0 Å². The molecular weight excluding hydrogens is 156 g/mol. The molecule has 0 bridgehead atoms. The fourth-order valence-electron chi connectivity index (χ4n) is 1.55. The molecule has 2 atom stereocenters. The van der Waals surface area contributed by atoms with Crippen molar-refractivity contribution in [3.63, 3.8) is 0 Å². The number of carbonyl (C=O) groups excluding carboxylic acids is 1. The van der Waals surface area contributed by atoms with Crippen LogP contribution in [0.3, 0.4) is 0 Å². The quantitative estimate of drug-likeness (QED) is 0.590. The lowest BCUT2D eigenvalue weighted by atomic mass is 10.0. The smallest absolute Gasteiger partial charge is 0.302 e. The molecule has 1 heterocycles. The van der Waals surface area contributed by atoms with Crippen molar-refractivity contribution in [2.24, 2.45) is 5.92 Å². The highest BCUT2D eigenvalue weighted by atomic mass is 16.6. The van der Waals surface area contributed by atoms with E-state index in [2.05, 4.69) is 13.8 Å². The van der Waals surface area contributed by atoms with Crippen molar-refractivity contribution in [1.29, 1.82) is 0 Å². The molecule has 0 aromatic rings. The Balaban J connectivity index is 2.46. The van der Waals surface area contributed by atoms with E-state index in [1.165, 1.54) is 6.92 Å². The van der Waals surface area contributed by atoms with E-state index in [0.29, 0.717) is 12.5 Å². The van der Waals surface area contributed by atoms with Gasteiger partial charge in [0, 0.05) is 13.3 Å². The lowest BCUT2D eigenvalue weighted by molar-refractivity contribution is -0.150. The number of carbonyl (C=O) groups is 1. The van der Waals surface area contributed by atoms with Crippen molar-refractivity contribution < 1.29 is 14.3 Å². The van der Waals surface area contributed by atoms with Crippen molar-refractivity contribution in [1.82, 2.24) is 0 Å². The summed E-state index contributed by atoms with van der Waals surface area (Å²) in [6, 6.07) is 0. The first kappa shape index (κ1) is 9.52. The van der Waals surface area contributed by atoms with Crippen LogP contribution in [-0.2, 0) is 14.3 Å². The van der Waals surface area contributed by atoms with E-state index in [1.54, 1.807) is 0 Å². The van der Waals surface area contributed by atoms with E-state index in [9.17, 15) is 4.79 Å². The molecule has 0 aromatic heterocycles. The zero-order valence-electron chi connectivity index (χ0n) is 7.87. The maximum absolute atomic E-state index is 10.7. The van der Waals surface area contributed by atoms with Crippen molar-refractivity contribution in [2.75, 3.05) is 6.61 Å². The summed E-state index contributed by atoms with van der Waals surface area (Å²) in [7, 11) is 0. The second-order valence-electron chi connectivity index (χ2n) is 3.52. The van der Waals surface area contributed by atoms with Gasteiger partial charge in [0.1, 0.15) is 6.10 Å². The molecule has 1 aliphatic heterocycles. The Morgan fingerprint density at radius 3 is 2.75 bits per heavy atom. The van der Waals surface area contributed by atoms with Gasteiger partial charge in [-0.3, -0.25) is 4.79 Å². The number of rotatable bonds is 2. The van der Waals surface area contributed by atoms with E-state index >= 15 is 0 Å². The molecule has 3 nitrogen and oxygen atoms in total. The van der Waals surface area contributed by atoms with Crippen molar-refractivity contribution >= 4 is 5.97 Å². The summed E-state index contributed by atoms with van der Waals surface area (Å²) in [5, 5.41) is 0. The molecule has 1 saturated heterocycles. The van der Waals surface area contributed by atoms with E-state index in [1.807, 2.05) is 0 Å². The minimum Gasteiger partial charge on any atom is -0.460 e. The van der Waals surface area contributed by atoms with Gasteiger partial charge in [0.15, 0.2) is 0 Å². The average molecular weight is 172 g/mol. The Hall–Kier alpha value is -0.570. The van der Waals surface area contributed by atoms with Gasteiger partial charge in [-0.1, -0.05) is 13.8 Å². The fraction of sp³-hybridized carbons (Fsp3) is 0.889. The van der Waals surface area contributed by atoms with E-state index in [-0.39, 0.29) is 18.2 Å².